The molecule has 2 aromatic heterocycles. The van der Waals surface area contributed by atoms with Crippen LogP contribution in [0.15, 0.2) is 42.5 Å². The number of aryl methyl sites for hydroxylation is 1. The molecule has 226 valence electrons. The molecule has 0 saturated heterocycles. The Morgan fingerprint density at radius 3 is 2.67 bits per heavy atom. The minimum absolute atomic E-state index is 0. The molecule has 0 saturated carbocycles. The minimum atomic E-state index is -0.652. The van der Waals surface area contributed by atoms with Gasteiger partial charge in [-0.15, -0.1) is 24.0 Å². The van der Waals surface area contributed by atoms with E-state index in [0.29, 0.717) is 43.9 Å². The van der Waals surface area contributed by atoms with Crippen molar-refractivity contribution >= 4 is 63.6 Å². The van der Waals surface area contributed by atoms with Gasteiger partial charge in [-0.3, -0.25) is 4.79 Å². The Kier molecular flexibility index (Phi) is 12.1. The van der Waals surface area contributed by atoms with Crippen molar-refractivity contribution in [3.05, 3.63) is 59.7 Å². The number of hydrogen-bond acceptors (Lipinski definition) is 8. The quantitative estimate of drug-likeness (QED) is 0.161. The van der Waals surface area contributed by atoms with Gasteiger partial charge in [0.15, 0.2) is 24.0 Å². The second kappa shape index (κ2) is 15.5. The number of nitrogens with two attached hydrogens (primary N) is 1. The summed E-state index contributed by atoms with van der Waals surface area (Å²) in [5.74, 6) is -0.798. The third-order valence-corrected chi connectivity index (χ3v) is 6.78. The van der Waals surface area contributed by atoms with Crippen molar-refractivity contribution in [2.24, 2.45) is 0 Å². The summed E-state index contributed by atoms with van der Waals surface area (Å²) < 4.78 is 32.7. The number of nitrogen functional groups attached to an aromatic ring is 1. The average Bonchev–Trinajstić information content (AvgIpc) is 3.34. The maximum Gasteiger partial charge on any atom is 0.344 e. The normalized spacial score (nSPS) is 11.0. The van der Waals surface area contributed by atoms with Crippen molar-refractivity contribution in [2.75, 3.05) is 45.1 Å². The van der Waals surface area contributed by atoms with Crippen molar-refractivity contribution in [1.29, 1.82) is 0 Å². The number of carbonyl (C=O) groups excluding carboxylic acids is 2. The number of halogens is 3. The van der Waals surface area contributed by atoms with Gasteiger partial charge in [-0.05, 0) is 25.5 Å². The van der Waals surface area contributed by atoms with Crippen LogP contribution >= 0.6 is 24.0 Å². The molecule has 0 atom stereocenters. The van der Waals surface area contributed by atoms with Crippen LogP contribution < -0.4 is 10.5 Å². The number of aromatic nitrogens is 3. The van der Waals surface area contributed by atoms with Crippen molar-refractivity contribution in [3.63, 3.8) is 0 Å². The zero-order valence-electron chi connectivity index (χ0n) is 23.5. The first kappa shape index (κ1) is 32.8. The number of ether oxygens (including phenoxy) is 3. The number of hydrogen-bond donors (Lipinski definition) is 1. The van der Waals surface area contributed by atoms with Crippen LogP contribution in [0.5, 0.6) is 5.75 Å². The molecule has 0 aliphatic carbocycles. The maximum absolute atomic E-state index is 15.2. The lowest BCUT2D eigenvalue weighted by molar-refractivity contribution is -0.145. The highest BCUT2D eigenvalue weighted by Crippen LogP contribution is 2.29. The molecule has 10 nitrogen and oxygen atoms in total. The van der Waals surface area contributed by atoms with E-state index in [4.69, 9.17) is 36.5 Å². The first-order valence-electron chi connectivity index (χ1n) is 13.3. The first-order chi connectivity index (χ1) is 19.9. The average molecular weight is 623 g/mol. The molecule has 0 aliphatic rings. The van der Waals surface area contributed by atoms with Crippen LogP contribution in [0.25, 0.3) is 21.9 Å². The van der Waals surface area contributed by atoms with Gasteiger partial charge in [-0.2, -0.15) is 0 Å². The maximum atomic E-state index is 15.2. The molecule has 4 aromatic rings. The smallest absolute Gasteiger partial charge is 0.344 e. The number of carbonyl (C=O) groups is 2. The summed E-state index contributed by atoms with van der Waals surface area (Å²) in [6.07, 6.45) is 1.10. The van der Waals surface area contributed by atoms with Crippen molar-refractivity contribution in [3.8, 4) is 5.75 Å². The molecule has 2 N–H and O–H groups in total. The third-order valence-electron chi connectivity index (χ3n) is 6.55. The molecule has 0 aliphatic heterocycles. The molecule has 13 heteroatoms. The van der Waals surface area contributed by atoms with Crippen LogP contribution in [-0.2, 0) is 38.6 Å². The molecule has 0 spiro atoms. The lowest BCUT2D eigenvalue weighted by atomic mass is 10.1. The highest BCUT2D eigenvalue weighted by molar-refractivity contribution is 6.27. The van der Waals surface area contributed by atoms with Gasteiger partial charge in [0, 0.05) is 44.1 Å². The summed E-state index contributed by atoms with van der Waals surface area (Å²) in [6, 6.07) is 12.3. The number of methoxy groups -OCH3 is 1. The number of fused-ring (bicyclic) bond motifs is 3. The van der Waals surface area contributed by atoms with Gasteiger partial charge in [-0.1, -0.05) is 30.3 Å². The molecule has 0 fully saturated rings. The standard InChI is InChI=1S/C29H33ClFN5O5.ClH/c1-3-40-25(38)18-41-22-11-6-8-19(26(22)31)17-35(24(37)16-30)13-7-14-36-23(12-15-39-2)34-27-28(36)20-9-4-5-10-21(20)33-29(27)32;/h4-6,8-11H,3,7,12-18H2,1-2H3,(H2,32,33);1H. The van der Waals surface area contributed by atoms with Gasteiger partial charge in [0.25, 0.3) is 0 Å². The Morgan fingerprint density at radius 2 is 1.93 bits per heavy atom. The van der Waals surface area contributed by atoms with E-state index in [-0.39, 0.29) is 48.7 Å². The second-order valence-corrected chi connectivity index (χ2v) is 9.53. The van der Waals surface area contributed by atoms with E-state index < -0.39 is 18.4 Å². The van der Waals surface area contributed by atoms with Crippen LogP contribution in [-0.4, -0.2) is 70.7 Å². The summed E-state index contributed by atoms with van der Waals surface area (Å²) in [5, 5.41) is 0.920. The predicted octanol–water partition coefficient (Wildman–Crippen LogP) is 4.52. The zero-order valence-corrected chi connectivity index (χ0v) is 25.0. The zero-order chi connectivity index (χ0) is 29.4. The molecule has 0 radical (unpaired) electrons. The fraction of sp³-hybridized carbons (Fsp3) is 0.379. The number of benzene rings is 2. The molecule has 42 heavy (non-hydrogen) atoms. The van der Waals surface area contributed by atoms with Crippen molar-refractivity contribution in [2.45, 2.75) is 32.9 Å². The molecular weight excluding hydrogens is 588 g/mol. The van der Waals surface area contributed by atoms with Crippen LogP contribution in [0, 0.1) is 5.82 Å². The summed E-state index contributed by atoms with van der Waals surface area (Å²) in [7, 11) is 1.63. The lowest BCUT2D eigenvalue weighted by Crippen LogP contribution is -2.33. The van der Waals surface area contributed by atoms with E-state index in [0.717, 1.165) is 22.2 Å². The Morgan fingerprint density at radius 1 is 1.14 bits per heavy atom. The molecule has 0 bridgehead atoms. The molecule has 0 unspecified atom stereocenters. The topological polar surface area (TPSA) is 122 Å². The number of pyridine rings is 1. The number of nitrogens with zero attached hydrogens (tertiary/aromatic N) is 4. The van der Waals surface area contributed by atoms with Gasteiger partial charge in [0.1, 0.15) is 17.2 Å². The van der Waals surface area contributed by atoms with Gasteiger partial charge < -0.3 is 29.4 Å². The molecule has 2 aromatic carbocycles. The number of alkyl halides is 1. The summed E-state index contributed by atoms with van der Waals surface area (Å²) in [4.78, 5) is 35.2. The Labute approximate surface area is 254 Å². The Hall–Kier alpha value is -3.67. The lowest BCUT2D eigenvalue weighted by Gasteiger charge is -2.23. The van der Waals surface area contributed by atoms with E-state index in [2.05, 4.69) is 9.55 Å². The summed E-state index contributed by atoms with van der Waals surface area (Å²) in [5.41, 5.74) is 8.76. The van der Waals surface area contributed by atoms with Gasteiger partial charge in [0.05, 0.1) is 24.2 Å². The highest BCUT2D eigenvalue weighted by Gasteiger charge is 2.20. The van der Waals surface area contributed by atoms with Crippen LogP contribution in [0.3, 0.4) is 0 Å². The molecular formula is C29H34Cl2FN5O5. The van der Waals surface area contributed by atoms with E-state index >= 15 is 4.39 Å². The number of esters is 1. The molecule has 1 amide bonds. The molecule has 4 rings (SSSR count). The number of anilines is 1. The third kappa shape index (κ3) is 7.58. The van der Waals surface area contributed by atoms with E-state index in [9.17, 15) is 9.59 Å². The highest BCUT2D eigenvalue weighted by atomic mass is 35.5. The SMILES string of the molecule is CCOC(=O)COc1cccc(CN(CCCn2c(CCOC)nc3c(N)nc4ccccc4c32)C(=O)CCl)c1F.Cl. The van der Waals surface area contributed by atoms with Crippen molar-refractivity contribution < 1.29 is 28.2 Å². The summed E-state index contributed by atoms with van der Waals surface area (Å²) in [6.45, 7) is 2.72. The number of amides is 1. The largest absolute Gasteiger partial charge is 0.479 e. The van der Waals surface area contributed by atoms with Gasteiger partial charge in [-0.25, -0.2) is 19.2 Å². The second-order valence-electron chi connectivity index (χ2n) is 9.26. The van der Waals surface area contributed by atoms with Crippen LogP contribution in [0.2, 0.25) is 0 Å². The fourth-order valence-corrected chi connectivity index (χ4v) is 4.83. The minimum Gasteiger partial charge on any atom is -0.479 e. The van der Waals surface area contributed by atoms with E-state index in [1.165, 1.54) is 11.0 Å². The Balaban J connectivity index is 0.00000484. The van der Waals surface area contributed by atoms with Crippen molar-refractivity contribution in [1.82, 2.24) is 19.4 Å². The fourth-order valence-electron chi connectivity index (χ4n) is 4.66. The monoisotopic (exact) mass is 621 g/mol. The van der Waals surface area contributed by atoms with E-state index in [1.807, 2.05) is 24.3 Å². The summed E-state index contributed by atoms with van der Waals surface area (Å²) >= 11 is 5.91. The number of imidazole rings is 1. The van der Waals surface area contributed by atoms with Crippen LogP contribution in [0.4, 0.5) is 10.2 Å². The number of rotatable bonds is 14. The first-order valence-corrected chi connectivity index (χ1v) is 13.8. The van der Waals surface area contributed by atoms with Gasteiger partial charge >= 0.3 is 5.97 Å². The molecule has 2 heterocycles. The Bertz CT molecular complexity index is 1530. The number of para-hydroxylation sites is 1. The van der Waals surface area contributed by atoms with Crippen LogP contribution in [0.1, 0.15) is 24.7 Å². The predicted molar refractivity (Wildman–Crippen MR) is 162 cm³/mol. The van der Waals surface area contributed by atoms with Gasteiger partial charge in [0.2, 0.25) is 5.91 Å². The van der Waals surface area contributed by atoms with E-state index in [1.54, 1.807) is 26.2 Å².